The van der Waals surface area contributed by atoms with E-state index in [2.05, 4.69) is 43.9 Å². The Morgan fingerprint density at radius 1 is 1.32 bits per heavy atom. The summed E-state index contributed by atoms with van der Waals surface area (Å²) in [5, 5.41) is 0. The van der Waals surface area contributed by atoms with Crippen LogP contribution >= 0.6 is 0 Å². The predicted molar refractivity (Wildman–Crippen MR) is 78.1 cm³/mol. The van der Waals surface area contributed by atoms with Crippen molar-refractivity contribution >= 4 is 17.2 Å². The fourth-order valence-corrected chi connectivity index (χ4v) is 2.99. The van der Waals surface area contributed by atoms with E-state index in [-0.39, 0.29) is 17.6 Å². The Balaban J connectivity index is 2.56. The van der Waals surface area contributed by atoms with Crippen molar-refractivity contribution in [1.82, 2.24) is 0 Å². The minimum atomic E-state index is -0.314. The number of nitrogens with zero attached hydrogens (tertiary/aromatic N) is 1. The molecule has 1 aliphatic heterocycles. The summed E-state index contributed by atoms with van der Waals surface area (Å²) in [5.41, 5.74) is 3.29. The van der Waals surface area contributed by atoms with Crippen LogP contribution in [-0.2, 0) is 9.53 Å². The zero-order chi connectivity index (χ0) is 14.2. The average Bonchev–Trinajstić information content (AvgIpc) is 2.36. The fraction of sp³-hybridized carbons (Fsp3) is 0.438. The molecule has 19 heavy (non-hydrogen) atoms. The first-order valence-electron chi connectivity index (χ1n) is 6.54. The van der Waals surface area contributed by atoms with Crippen molar-refractivity contribution in [1.29, 1.82) is 0 Å². The number of carbonyl (C=O) groups excluding carboxylic acids is 1. The van der Waals surface area contributed by atoms with E-state index < -0.39 is 0 Å². The second kappa shape index (κ2) is 4.72. The van der Waals surface area contributed by atoms with E-state index in [0.29, 0.717) is 0 Å². The molecule has 0 fully saturated rings. The number of hydrogen-bond acceptors (Lipinski definition) is 3. The van der Waals surface area contributed by atoms with Gasteiger partial charge in [-0.3, -0.25) is 0 Å². The quantitative estimate of drug-likeness (QED) is 0.764. The molecule has 3 nitrogen and oxygen atoms in total. The van der Waals surface area contributed by atoms with Gasteiger partial charge in [-0.05, 0) is 39.3 Å². The summed E-state index contributed by atoms with van der Waals surface area (Å²) in [4.78, 5) is 14.0. The molecule has 0 saturated heterocycles. The highest BCUT2D eigenvalue weighted by Crippen LogP contribution is 2.39. The third-order valence-electron chi connectivity index (χ3n) is 3.71. The summed E-state index contributed by atoms with van der Waals surface area (Å²) < 4.78 is 4.90. The highest BCUT2D eigenvalue weighted by atomic mass is 16.5. The van der Waals surface area contributed by atoms with Crippen molar-refractivity contribution in [2.45, 2.75) is 39.3 Å². The largest absolute Gasteiger partial charge is 0.467 e. The van der Waals surface area contributed by atoms with Crippen molar-refractivity contribution in [2.75, 3.05) is 12.0 Å². The second-order valence-electron chi connectivity index (χ2n) is 5.57. The number of ether oxygens (including phenoxy) is 1. The number of anilines is 1. The van der Waals surface area contributed by atoms with Crippen LogP contribution in [-0.4, -0.2) is 24.7 Å². The number of hydrogen-bond donors (Lipinski definition) is 0. The van der Waals surface area contributed by atoms with Crippen LogP contribution in [0.5, 0.6) is 0 Å². The van der Waals surface area contributed by atoms with Gasteiger partial charge in [-0.1, -0.05) is 24.3 Å². The van der Waals surface area contributed by atoms with Gasteiger partial charge in [-0.15, -0.1) is 0 Å². The monoisotopic (exact) mass is 259 g/mol. The van der Waals surface area contributed by atoms with Crippen LogP contribution in [0.4, 0.5) is 5.69 Å². The van der Waals surface area contributed by atoms with Crippen LogP contribution in [0.3, 0.4) is 0 Å². The SMILES string of the molecule is COC(=O)C(C)N1c2ccccc2C(C)=CC1(C)C. The molecule has 3 heteroatoms. The molecule has 0 aromatic heterocycles. The Morgan fingerprint density at radius 3 is 2.58 bits per heavy atom. The minimum Gasteiger partial charge on any atom is -0.467 e. The third-order valence-corrected chi connectivity index (χ3v) is 3.71. The summed E-state index contributed by atoms with van der Waals surface area (Å²) in [5.74, 6) is -0.212. The molecule has 2 rings (SSSR count). The number of benzene rings is 1. The van der Waals surface area contributed by atoms with Crippen LogP contribution in [0, 0.1) is 0 Å². The van der Waals surface area contributed by atoms with Gasteiger partial charge in [0.2, 0.25) is 0 Å². The first-order valence-corrected chi connectivity index (χ1v) is 6.54. The Bertz CT molecular complexity index is 531. The van der Waals surface area contributed by atoms with Gasteiger partial charge in [0.05, 0.1) is 12.6 Å². The Kier molecular flexibility index (Phi) is 3.40. The molecule has 0 radical (unpaired) electrons. The van der Waals surface area contributed by atoms with E-state index in [9.17, 15) is 4.79 Å². The smallest absolute Gasteiger partial charge is 0.328 e. The van der Waals surface area contributed by atoms with Crippen LogP contribution in [0.25, 0.3) is 5.57 Å². The van der Waals surface area contributed by atoms with Crippen molar-refractivity contribution < 1.29 is 9.53 Å². The second-order valence-corrected chi connectivity index (χ2v) is 5.57. The maximum Gasteiger partial charge on any atom is 0.328 e. The molecule has 0 bridgehead atoms. The highest BCUT2D eigenvalue weighted by molar-refractivity contribution is 5.87. The Morgan fingerprint density at radius 2 is 1.95 bits per heavy atom. The first kappa shape index (κ1) is 13.7. The predicted octanol–water partition coefficient (Wildman–Crippen LogP) is 3.25. The molecule has 102 valence electrons. The van der Waals surface area contributed by atoms with Gasteiger partial charge in [-0.2, -0.15) is 0 Å². The molecule has 0 aliphatic carbocycles. The van der Waals surface area contributed by atoms with Gasteiger partial charge in [0, 0.05) is 11.3 Å². The van der Waals surface area contributed by atoms with Crippen molar-refractivity contribution in [3.8, 4) is 0 Å². The molecule has 1 aliphatic rings. The van der Waals surface area contributed by atoms with E-state index in [1.54, 1.807) is 0 Å². The average molecular weight is 259 g/mol. The maximum atomic E-state index is 11.9. The molecule has 1 aromatic carbocycles. The first-order chi connectivity index (χ1) is 8.88. The molecule has 1 aromatic rings. The van der Waals surface area contributed by atoms with Crippen LogP contribution in [0.15, 0.2) is 30.3 Å². The van der Waals surface area contributed by atoms with Crippen molar-refractivity contribution in [3.05, 3.63) is 35.9 Å². The summed E-state index contributed by atoms with van der Waals surface area (Å²) >= 11 is 0. The van der Waals surface area contributed by atoms with E-state index in [0.717, 1.165) is 5.69 Å². The van der Waals surface area contributed by atoms with Gasteiger partial charge < -0.3 is 9.64 Å². The lowest BCUT2D eigenvalue weighted by Gasteiger charge is -2.45. The summed E-state index contributed by atoms with van der Waals surface area (Å²) in [6.45, 7) is 8.23. The molecule has 1 atom stereocenters. The van der Waals surface area contributed by atoms with E-state index in [1.165, 1.54) is 18.2 Å². The zero-order valence-electron chi connectivity index (χ0n) is 12.2. The summed E-state index contributed by atoms with van der Waals surface area (Å²) in [6, 6.07) is 7.87. The van der Waals surface area contributed by atoms with E-state index in [1.807, 2.05) is 19.1 Å². The number of allylic oxidation sites excluding steroid dienone is 1. The molecule has 1 heterocycles. The van der Waals surface area contributed by atoms with Gasteiger partial charge in [0.15, 0.2) is 0 Å². The molecular weight excluding hydrogens is 238 g/mol. The van der Waals surface area contributed by atoms with Crippen LogP contribution in [0.1, 0.15) is 33.3 Å². The van der Waals surface area contributed by atoms with Gasteiger partial charge in [0.25, 0.3) is 0 Å². The molecule has 0 N–H and O–H groups in total. The van der Waals surface area contributed by atoms with Crippen LogP contribution in [0.2, 0.25) is 0 Å². The summed E-state index contributed by atoms with van der Waals surface area (Å²) in [7, 11) is 1.43. The lowest BCUT2D eigenvalue weighted by molar-refractivity contribution is -0.142. The lowest BCUT2D eigenvalue weighted by Crippen LogP contribution is -2.53. The maximum absolute atomic E-state index is 11.9. The van der Waals surface area contributed by atoms with Gasteiger partial charge in [0.1, 0.15) is 6.04 Å². The molecule has 0 amide bonds. The molecule has 0 spiro atoms. The molecule has 0 saturated carbocycles. The topological polar surface area (TPSA) is 29.5 Å². The van der Waals surface area contributed by atoms with Crippen molar-refractivity contribution in [2.24, 2.45) is 0 Å². The highest BCUT2D eigenvalue weighted by Gasteiger charge is 2.37. The number of methoxy groups -OCH3 is 1. The fourth-order valence-electron chi connectivity index (χ4n) is 2.99. The summed E-state index contributed by atoms with van der Waals surface area (Å²) in [6.07, 6.45) is 2.20. The number of esters is 1. The van der Waals surface area contributed by atoms with Gasteiger partial charge >= 0.3 is 5.97 Å². The number of para-hydroxylation sites is 1. The zero-order valence-corrected chi connectivity index (χ0v) is 12.2. The normalized spacial score (nSPS) is 18.4. The lowest BCUT2D eigenvalue weighted by atomic mass is 9.87. The molecular formula is C16H21NO2. The van der Waals surface area contributed by atoms with Crippen LogP contribution < -0.4 is 4.90 Å². The number of fused-ring (bicyclic) bond motifs is 1. The van der Waals surface area contributed by atoms with E-state index >= 15 is 0 Å². The molecule has 1 unspecified atom stereocenters. The van der Waals surface area contributed by atoms with Crippen molar-refractivity contribution in [3.63, 3.8) is 0 Å². The minimum absolute atomic E-state index is 0.212. The standard InChI is InChI=1S/C16H21NO2/c1-11-10-16(3,4)17(12(2)15(18)19-5)14-9-7-6-8-13(11)14/h6-10,12H,1-5H3. The van der Waals surface area contributed by atoms with Gasteiger partial charge in [-0.25, -0.2) is 4.79 Å². The number of carbonyl (C=O) groups is 1. The number of rotatable bonds is 2. The van der Waals surface area contributed by atoms with E-state index in [4.69, 9.17) is 4.74 Å². The Hall–Kier alpha value is -1.77. The third kappa shape index (κ3) is 2.25. The Labute approximate surface area is 114 Å².